The number of nitrogens with zero attached hydrogens (tertiary/aromatic N) is 2. The average molecular weight is 316 g/mol. The zero-order valence-corrected chi connectivity index (χ0v) is 12.9. The summed E-state index contributed by atoms with van der Waals surface area (Å²) >= 11 is 7.74. The number of hydrogen-bond acceptors (Lipinski definition) is 4. The first-order chi connectivity index (χ1) is 10.3. The maximum atomic E-state index is 6.10. The highest BCUT2D eigenvalue weighted by Gasteiger charge is 2.08. The summed E-state index contributed by atoms with van der Waals surface area (Å²) in [5.74, 6) is 0. The molecule has 0 amide bonds. The van der Waals surface area contributed by atoms with Crippen LogP contribution in [0, 0.1) is 0 Å². The molecule has 3 nitrogen and oxygen atoms in total. The number of nitrogens with one attached hydrogen (secondary N) is 1. The van der Waals surface area contributed by atoms with Gasteiger partial charge < -0.3 is 5.32 Å². The van der Waals surface area contributed by atoms with E-state index >= 15 is 0 Å². The Morgan fingerprint density at radius 1 is 1.00 bits per heavy atom. The molecule has 0 bridgehead atoms. The molecule has 1 aromatic carbocycles. The molecule has 5 heteroatoms. The van der Waals surface area contributed by atoms with Crippen molar-refractivity contribution < 1.29 is 0 Å². The van der Waals surface area contributed by atoms with Gasteiger partial charge in [-0.15, -0.1) is 11.3 Å². The van der Waals surface area contributed by atoms with Gasteiger partial charge in [0.15, 0.2) is 0 Å². The van der Waals surface area contributed by atoms with Crippen LogP contribution < -0.4 is 5.32 Å². The van der Waals surface area contributed by atoms with Crippen LogP contribution in [0.25, 0.3) is 10.4 Å². The molecule has 0 aliphatic carbocycles. The minimum absolute atomic E-state index is 0.518. The van der Waals surface area contributed by atoms with Gasteiger partial charge in [0.1, 0.15) is 10.2 Å². The number of thiazole rings is 1. The van der Waals surface area contributed by atoms with Crippen molar-refractivity contribution in [2.75, 3.05) is 0 Å². The first-order valence-corrected chi connectivity index (χ1v) is 7.82. The summed E-state index contributed by atoms with van der Waals surface area (Å²) in [6.45, 7) is 1.58. The summed E-state index contributed by atoms with van der Waals surface area (Å²) in [5.41, 5.74) is 2.20. The van der Waals surface area contributed by atoms with Gasteiger partial charge in [0.2, 0.25) is 0 Å². The van der Waals surface area contributed by atoms with Crippen LogP contribution in [0.4, 0.5) is 0 Å². The minimum Gasteiger partial charge on any atom is -0.306 e. The summed E-state index contributed by atoms with van der Waals surface area (Å²) < 4.78 is 0. The lowest BCUT2D eigenvalue weighted by atomic mass is 10.2. The van der Waals surface area contributed by atoms with E-state index in [-0.39, 0.29) is 0 Å². The molecule has 0 radical (unpaired) electrons. The summed E-state index contributed by atoms with van der Waals surface area (Å²) in [6.07, 6.45) is 3.54. The van der Waals surface area contributed by atoms with Crippen molar-refractivity contribution in [1.82, 2.24) is 15.3 Å². The number of rotatable bonds is 5. The number of halogens is 1. The van der Waals surface area contributed by atoms with Crippen LogP contribution >= 0.6 is 22.9 Å². The largest absolute Gasteiger partial charge is 0.306 e. The van der Waals surface area contributed by atoms with E-state index < -0.39 is 0 Å². The Morgan fingerprint density at radius 3 is 2.67 bits per heavy atom. The molecule has 0 atom stereocenters. The molecule has 0 aliphatic heterocycles. The number of benzene rings is 1. The Balaban J connectivity index is 1.62. The first kappa shape index (κ1) is 14.2. The van der Waals surface area contributed by atoms with Gasteiger partial charge in [0, 0.05) is 31.0 Å². The quantitative estimate of drug-likeness (QED) is 0.719. The zero-order chi connectivity index (χ0) is 14.5. The van der Waals surface area contributed by atoms with Gasteiger partial charge in [-0.3, -0.25) is 0 Å². The van der Waals surface area contributed by atoms with Crippen LogP contribution in [-0.4, -0.2) is 9.97 Å². The zero-order valence-electron chi connectivity index (χ0n) is 11.3. The molecule has 1 N–H and O–H groups in total. The van der Waals surface area contributed by atoms with Crippen LogP contribution in [0.3, 0.4) is 0 Å². The molecule has 2 aromatic heterocycles. The monoisotopic (exact) mass is 315 g/mol. The maximum Gasteiger partial charge on any atom is 0.137 e. The molecule has 3 aromatic rings. The van der Waals surface area contributed by atoms with Gasteiger partial charge in [-0.1, -0.05) is 41.9 Å². The highest BCUT2D eigenvalue weighted by atomic mass is 35.5. The normalized spacial score (nSPS) is 10.7. The third kappa shape index (κ3) is 3.67. The van der Waals surface area contributed by atoms with Crippen LogP contribution in [0.1, 0.15) is 10.6 Å². The second-order valence-electron chi connectivity index (χ2n) is 4.55. The second kappa shape index (κ2) is 6.80. The second-order valence-corrected chi connectivity index (χ2v) is 6.02. The van der Waals surface area contributed by atoms with Crippen molar-refractivity contribution in [3.8, 4) is 10.4 Å². The first-order valence-electron chi connectivity index (χ1n) is 6.63. The van der Waals surface area contributed by atoms with Crippen molar-refractivity contribution in [2.45, 2.75) is 13.1 Å². The lowest BCUT2D eigenvalue weighted by Crippen LogP contribution is -2.12. The van der Waals surface area contributed by atoms with E-state index in [0.717, 1.165) is 28.5 Å². The number of aromatic nitrogens is 2. The molecule has 21 heavy (non-hydrogen) atoms. The topological polar surface area (TPSA) is 37.8 Å². The summed E-state index contributed by atoms with van der Waals surface area (Å²) in [5, 5.41) is 4.96. The van der Waals surface area contributed by atoms with Crippen LogP contribution in [0.5, 0.6) is 0 Å². The van der Waals surface area contributed by atoms with E-state index in [2.05, 4.69) is 27.4 Å². The summed E-state index contributed by atoms with van der Waals surface area (Å²) in [6, 6.07) is 14.2. The molecule has 0 spiro atoms. The van der Waals surface area contributed by atoms with Crippen molar-refractivity contribution in [3.63, 3.8) is 0 Å². The summed E-state index contributed by atoms with van der Waals surface area (Å²) in [4.78, 5) is 9.58. The fourth-order valence-electron chi connectivity index (χ4n) is 2.00. The molecule has 106 valence electrons. The fourth-order valence-corrected chi connectivity index (χ4v) is 3.19. The number of hydrogen-bond donors (Lipinski definition) is 1. The highest BCUT2D eigenvalue weighted by Crippen LogP contribution is 2.30. The standard InChI is InChI=1S/C16H14ClN3S/c17-16-13(7-4-8-19-16)14-10-20-15(21-14)11-18-9-12-5-2-1-3-6-12/h1-8,10,18H,9,11H2. The molecule has 3 rings (SSSR count). The Labute approximate surface area is 132 Å². The van der Waals surface area contributed by atoms with Crippen LogP contribution in [0.2, 0.25) is 5.15 Å². The molecule has 0 aliphatic rings. The van der Waals surface area contributed by atoms with Gasteiger partial charge >= 0.3 is 0 Å². The number of pyridine rings is 1. The van der Waals surface area contributed by atoms with E-state index in [9.17, 15) is 0 Å². The smallest absolute Gasteiger partial charge is 0.137 e. The average Bonchev–Trinajstić information content (AvgIpc) is 2.97. The Kier molecular flexibility index (Phi) is 4.60. The Morgan fingerprint density at radius 2 is 1.86 bits per heavy atom. The minimum atomic E-state index is 0.518. The van der Waals surface area contributed by atoms with Crippen LogP contribution in [-0.2, 0) is 13.1 Å². The van der Waals surface area contributed by atoms with E-state index in [4.69, 9.17) is 11.6 Å². The van der Waals surface area contributed by atoms with Crippen molar-refractivity contribution >= 4 is 22.9 Å². The Hall–Kier alpha value is -1.75. The molecule has 0 saturated heterocycles. The van der Waals surface area contributed by atoms with E-state index in [0.29, 0.717) is 5.15 Å². The molecule has 0 saturated carbocycles. The molecule has 0 unspecified atom stereocenters. The molecular formula is C16H14ClN3S. The third-order valence-corrected chi connectivity index (χ3v) is 4.36. The lowest BCUT2D eigenvalue weighted by molar-refractivity contribution is 0.690. The molecule has 2 heterocycles. The van der Waals surface area contributed by atoms with E-state index in [1.807, 2.05) is 36.5 Å². The Bertz CT molecular complexity index is 712. The van der Waals surface area contributed by atoms with Gasteiger partial charge in [-0.2, -0.15) is 0 Å². The van der Waals surface area contributed by atoms with E-state index in [1.54, 1.807) is 17.5 Å². The van der Waals surface area contributed by atoms with Crippen LogP contribution in [0.15, 0.2) is 54.9 Å². The van der Waals surface area contributed by atoms with Gasteiger partial charge in [0.05, 0.1) is 4.88 Å². The molecular weight excluding hydrogens is 302 g/mol. The van der Waals surface area contributed by atoms with Crippen molar-refractivity contribution in [2.24, 2.45) is 0 Å². The predicted molar refractivity (Wildman–Crippen MR) is 87.3 cm³/mol. The highest BCUT2D eigenvalue weighted by molar-refractivity contribution is 7.15. The van der Waals surface area contributed by atoms with E-state index in [1.165, 1.54) is 5.56 Å². The van der Waals surface area contributed by atoms with Crippen molar-refractivity contribution in [3.05, 3.63) is 70.6 Å². The van der Waals surface area contributed by atoms with Gasteiger partial charge in [-0.25, -0.2) is 9.97 Å². The summed E-state index contributed by atoms with van der Waals surface area (Å²) in [7, 11) is 0. The predicted octanol–water partition coefficient (Wildman–Crippen LogP) is 4.15. The van der Waals surface area contributed by atoms with Crippen molar-refractivity contribution in [1.29, 1.82) is 0 Å². The molecule has 0 fully saturated rings. The third-order valence-electron chi connectivity index (χ3n) is 3.03. The SMILES string of the molecule is Clc1ncccc1-c1cnc(CNCc2ccccc2)s1. The fraction of sp³-hybridized carbons (Fsp3) is 0.125. The maximum absolute atomic E-state index is 6.10. The van der Waals surface area contributed by atoms with Gasteiger partial charge in [-0.05, 0) is 17.7 Å². The lowest BCUT2D eigenvalue weighted by Gasteiger charge is -2.02. The van der Waals surface area contributed by atoms with Gasteiger partial charge in [0.25, 0.3) is 0 Å².